The molecule has 2 rings (SSSR count). The molecule has 0 radical (unpaired) electrons. The Hall–Kier alpha value is -1.68. The van der Waals surface area contributed by atoms with Crippen molar-refractivity contribution in [1.82, 2.24) is 20.8 Å². The molecule has 0 spiro atoms. The number of hydrogen-bond acceptors (Lipinski definition) is 5. The van der Waals surface area contributed by atoms with Crippen molar-refractivity contribution in [2.75, 3.05) is 26.7 Å². The maximum Gasteiger partial charge on any atom is 0.228 e. The van der Waals surface area contributed by atoms with Crippen LogP contribution < -0.4 is 10.6 Å². The molecule has 1 unspecified atom stereocenters. The highest BCUT2D eigenvalue weighted by molar-refractivity contribution is 14.0. The number of ether oxygens (including phenoxy) is 1. The summed E-state index contributed by atoms with van der Waals surface area (Å²) < 4.78 is 10.8. The number of aryl methyl sites for hydroxylation is 1. The Labute approximate surface area is 172 Å². The zero-order chi connectivity index (χ0) is 17.9. The molecule has 0 aliphatic carbocycles. The minimum absolute atomic E-state index is 0. The highest BCUT2D eigenvalue weighted by Crippen LogP contribution is 2.02. The van der Waals surface area contributed by atoms with Crippen LogP contribution in [0.4, 0.5) is 0 Å². The average molecular weight is 473 g/mol. The summed E-state index contributed by atoms with van der Waals surface area (Å²) in [4.78, 5) is 8.38. The largest absolute Gasteiger partial charge is 0.376 e. The number of aromatic nitrogens is 2. The van der Waals surface area contributed by atoms with E-state index in [4.69, 9.17) is 9.26 Å². The second kappa shape index (κ2) is 12.6. The number of hydrogen-bond donors (Lipinski definition) is 2. The number of nitrogens with zero attached hydrogens (tertiary/aromatic N) is 3. The number of benzene rings is 1. The first-order valence-corrected chi connectivity index (χ1v) is 8.52. The fourth-order valence-electron chi connectivity index (χ4n) is 2.23. The van der Waals surface area contributed by atoms with E-state index < -0.39 is 0 Å². The van der Waals surface area contributed by atoms with Crippen LogP contribution in [0.15, 0.2) is 39.8 Å². The Kier molecular flexibility index (Phi) is 10.9. The van der Waals surface area contributed by atoms with E-state index >= 15 is 0 Å². The Morgan fingerprint density at radius 3 is 2.69 bits per heavy atom. The number of halogens is 1. The van der Waals surface area contributed by atoms with E-state index in [-0.39, 0.29) is 24.0 Å². The molecule has 7 nitrogen and oxygen atoms in total. The molecule has 2 aromatic rings. The molecule has 8 heteroatoms. The van der Waals surface area contributed by atoms with Gasteiger partial charge in [0.15, 0.2) is 11.8 Å². The molecule has 0 fully saturated rings. The minimum Gasteiger partial charge on any atom is -0.376 e. The summed E-state index contributed by atoms with van der Waals surface area (Å²) in [5, 5.41) is 10.3. The van der Waals surface area contributed by atoms with E-state index in [0.717, 1.165) is 12.5 Å². The van der Waals surface area contributed by atoms with Crippen LogP contribution in [-0.2, 0) is 17.8 Å². The number of nitrogens with one attached hydrogen (secondary N) is 2. The lowest BCUT2D eigenvalue weighted by Gasteiger charge is -2.16. The standard InChI is InChI=1S/C18H27N5O2.HI/c1-14(12-24-13-16-7-5-4-6-8-16)11-21-18(19-3)20-10-9-17-22-15(2)23-25-17;/h4-8,14H,9-13H2,1-3H3,(H2,19,20,21);1H. The first kappa shape index (κ1) is 22.4. The van der Waals surface area contributed by atoms with Crippen LogP contribution in [0.3, 0.4) is 0 Å². The lowest BCUT2D eigenvalue weighted by Crippen LogP contribution is -2.40. The number of rotatable bonds is 9. The Morgan fingerprint density at radius 2 is 2.04 bits per heavy atom. The van der Waals surface area contributed by atoms with Gasteiger partial charge >= 0.3 is 0 Å². The van der Waals surface area contributed by atoms with E-state index in [1.165, 1.54) is 5.56 Å². The van der Waals surface area contributed by atoms with Crippen LogP contribution in [-0.4, -0.2) is 42.8 Å². The lowest BCUT2D eigenvalue weighted by atomic mass is 10.2. The summed E-state index contributed by atoms with van der Waals surface area (Å²) in [7, 11) is 1.75. The predicted molar refractivity (Wildman–Crippen MR) is 113 cm³/mol. The molecular formula is C18H28IN5O2. The molecule has 0 aliphatic rings. The van der Waals surface area contributed by atoms with Crippen molar-refractivity contribution in [1.29, 1.82) is 0 Å². The van der Waals surface area contributed by atoms with E-state index in [1.54, 1.807) is 7.05 Å². The Balaban J connectivity index is 0.00000338. The van der Waals surface area contributed by atoms with Gasteiger partial charge in [0.25, 0.3) is 0 Å². The first-order chi connectivity index (χ1) is 12.2. The lowest BCUT2D eigenvalue weighted by molar-refractivity contribution is 0.0931. The van der Waals surface area contributed by atoms with Gasteiger partial charge in [0.05, 0.1) is 13.2 Å². The zero-order valence-corrected chi connectivity index (χ0v) is 17.9. The highest BCUT2D eigenvalue weighted by atomic mass is 127. The molecule has 1 aromatic carbocycles. The normalized spacial score (nSPS) is 12.3. The van der Waals surface area contributed by atoms with Crippen LogP contribution in [0, 0.1) is 12.8 Å². The second-order valence-corrected chi connectivity index (χ2v) is 5.97. The van der Waals surface area contributed by atoms with Gasteiger partial charge in [-0.3, -0.25) is 4.99 Å². The van der Waals surface area contributed by atoms with Crippen LogP contribution >= 0.6 is 24.0 Å². The van der Waals surface area contributed by atoms with Gasteiger partial charge in [0.2, 0.25) is 5.89 Å². The first-order valence-electron chi connectivity index (χ1n) is 8.52. The van der Waals surface area contributed by atoms with Crippen molar-refractivity contribution in [3.05, 3.63) is 47.6 Å². The Morgan fingerprint density at radius 1 is 1.27 bits per heavy atom. The van der Waals surface area contributed by atoms with Crippen molar-refractivity contribution < 1.29 is 9.26 Å². The van der Waals surface area contributed by atoms with Crippen molar-refractivity contribution in [2.24, 2.45) is 10.9 Å². The molecule has 0 saturated carbocycles. The minimum atomic E-state index is 0. The maximum atomic E-state index is 5.76. The molecule has 1 atom stereocenters. The number of guanidine groups is 1. The van der Waals surface area contributed by atoms with Gasteiger partial charge in [0.1, 0.15) is 0 Å². The van der Waals surface area contributed by atoms with Crippen LogP contribution in [0.5, 0.6) is 0 Å². The van der Waals surface area contributed by atoms with Gasteiger partial charge in [-0.25, -0.2) is 0 Å². The summed E-state index contributed by atoms with van der Waals surface area (Å²) in [5.41, 5.74) is 1.19. The summed E-state index contributed by atoms with van der Waals surface area (Å²) in [6, 6.07) is 10.2. The molecule has 26 heavy (non-hydrogen) atoms. The van der Waals surface area contributed by atoms with Crippen molar-refractivity contribution in [3.8, 4) is 0 Å². The van der Waals surface area contributed by atoms with Gasteiger partial charge in [-0.15, -0.1) is 24.0 Å². The third kappa shape index (κ3) is 8.61. The van der Waals surface area contributed by atoms with Crippen molar-refractivity contribution in [3.63, 3.8) is 0 Å². The van der Waals surface area contributed by atoms with E-state index in [2.05, 4.69) is 44.8 Å². The Bertz CT molecular complexity index is 648. The second-order valence-electron chi connectivity index (χ2n) is 5.97. The average Bonchev–Trinajstić information content (AvgIpc) is 3.04. The van der Waals surface area contributed by atoms with Crippen LogP contribution in [0.25, 0.3) is 0 Å². The van der Waals surface area contributed by atoms with Crippen LogP contribution in [0.2, 0.25) is 0 Å². The molecule has 0 bridgehead atoms. The van der Waals surface area contributed by atoms with Crippen molar-refractivity contribution in [2.45, 2.75) is 26.9 Å². The predicted octanol–water partition coefficient (Wildman–Crippen LogP) is 2.56. The monoisotopic (exact) mass is 473 g/mol. The quantitative estimate of drug-likeness (QED) is 0.331. The fourth-order valence-corrected chi connectivity index (χ4v) is 2.23. The van der Waals surface area contributed by atoms with Gasteiger partial charge < -0.3 is 19.9 Å². The molecule has 0 saturated heterocycles. The van der Waals surface area contributed by atoms with E-state index in [1.807, 2.05) is 25.1 Å². The molecule has 1 aromatic heterocycles. The van der Waals surface area contributed by atoms with Crippen molar-refractivity contribution >= 4 is 29.9 Å². The van der Waals surface area contributed by atoms with Crippen LogP contribution in [0.1, 0.15) is 24.2 Å². The highest BCUT2D eigenvalue weighted by Gasteiger charge is 2.06. The van der Waals surface area contributed by atoms with E-state index in [0.29, 0.717) is 43.8 Å². The third-order valence-corrected chi connectivity index (χ3v) is 3.56. The van der Waals surface area contributed by atoms with Gasteiger partial charge in [-0.2, -0.15) is 4.98 Å². The zero-order valence-electron chi connectivity index (χ0n) is 15.6. The molecular weight excluding hydrogens is 445 g/mol. The smallest absolute Gasteiger partial charge is 0.228 e. The topological polar surface area (TPSA) is 84.6 Å². The van der Waals surface area contributed by atoms with Gasteiger partial charge in [0, 0.05) is 26.6 Å². The fraction of sp³-hybridized carbons (Fsp3) is 0.500. The van der Waals surface area contributed by atoms with Gasteiger partial charge in [-0.05, 0) is 18.4 Å². The maximum absolute atomic E-state index is 5.76. The SMILES string of the molecule is CN=C(NCCc1nc(C)no1)NCC(C)COCc1ccccc1.I. The number of aliphatic imine (C=N–C) groups is 1. The molecule has 144 valence electrons. The molecule has 1 heterocycles. The summed E-state index contributed by atoms with van der Waals surface area (Å²) in [5.74, 6) is 2.41. The summed E-state index contributed by atoms with van der Waals surface area (Å²) in [6.45, 7) is 6.75. The summed E-state index contributed by atoms with van der Waals surface area (Å²) in [6.07, 6.45) is 0.664. The molecule has 0 aliphatic heterocycles. The molecule has 2 N–H and O–H groups in total. The molecule has 0 amide bonds. The van der Waals surface area contributed by atoms with E-state index in [9.17, 15) is 0 Å². The van der Waals surface area contributed by atoms with Gasteiger partial charge in [-0.1, -0.05) is 42.4 Å². The summed E-state index contributed by atoms with van der Waals surface area (Å²) >= 11 is 0. The third-order valence-electron chi connectivity index (χ3n) is 3.56.